The molecule has 1 amide bonds. The van der Waals surface area contributed by atoms with E-state index in [9.17, 15) is 19.1 Å². The van der Waals surface area contributed by atoms with Gasteiger partial charge in [-0.3, -0.25) is 9.59 Å². The van der Waals surface area contributed by atoms with Crippen molar-refractivity contribution in [1.29, 1.82) is 0 Å². The van der Waals surface area contributed by atoms with E-state index in [1.165, 1.54) is 23.1 Å². The largest absolute Gasteiger partial charge is 0.486 e. The molecule has 0 unspecified atom stereocenters. The molecule has 0 aromatic heterocycles. The Morgan fingerprint density at radius 2 is 2.10 bits per heavy atom. The molecule has 7 heteroatoms. The number of aliphatic hydroxyl groups excluding tert-OH is 1. The minimum Gasteiger partial charge on any atom is -0.486 e. The molecule has 2 atom stereocenters. The number of aliphatic carboxylic acids is 1. The molecule has 1 aliphatic heterocycles. The normalized spacial score (nSPS) is 21.3. The standard InChI is InChI=1S/C14H16FNO5/c15-9-2-1-3-10(6-9)21-12-8-16(7-11(12)17)13(18)4-5-14(19)20/h1-3,6,11-12,17H,4-5,7-8H2,(H,19,20)/t11-,12-/m1/s1. The van der Waals surface area contributed by atoms with Gasteiger partial charge in [0.25, 0.3) is 0 Å². The van der Waals surface area contributed by atoms with Gasteiger partial charge in [-0.2, -0.15) is 0 Å². The SMILES string of the molecule is O=C(O)CCC(=O)N1C[C@@H](O)[C@H](Oc2cccc(F)c2)C1. The van der Waals surface area contributed by atoms with E-state index in [0.717, 1.165) is 0 Å². The Balaban J connectivity index is 1.91. The van der Waals surface area contributed by atoms with Crippen molar-refractivity contribution >= 4 is 11.9 Å². The minimum absolute atomic E-state index is 0.0818. The number of hydrogen-bond acceptors (Lipinski definition) is 4. The van der Waals surface area contributed by atoms with Crippen molar-refractivity contribution in [3.05, 3.63) is 30.1 Å². The van der Waals surface area contributed by atoms with Crippen LogP contribution in [0.25, 0.3) is 0 Å². The van der Waals surface area contributed by atoms with Gasteiger partial charge < -0.3 is 19.8 Å². The first kappa shape index (κ1) is 15.2. The van der Waals surface area contributed by atoms with Gasteiger partial charge in [-0.1, -0.05) is 6.07 Å². The van der Waals surface area contributed by atoms with E-state index < -0.39 is 24.0 Å². The molecule has 114 valence electrons. The van der Waals surface area contributed by atoms with Crippen LogP contribution < -0.4 is 4.74 Å². The summed E-state index contributed by atoms with van der Waals surface area (Å²) in [7, 11) is 0. The van der Waals surface area contributed by atoms with Crippen LogP contribution in [-0.2, 0) is 9.59 Å². The third-order valence-electron chi connectivity index (χ3n) is 3.23. The lowest BCUT2D eigenvalue weighted by atomic mass is 10.2. The highest BCUT2D eigenvalue weighted by molar-refractivity contribution is 5.81. The summed E-state index contributed by atoms with van der Waals surface area (Å²) >= 11 is 0. The highest BCUT2D eigenvalue weighted by atomic mass is 19.1. The Kier molecular flexibility index (Phi) is 4.74. The number of carbonyl (C=O) groups is 2. The number of likely N-dealkylation sites (tertiary alicyclic amines) is 1. The topological polar surface area (TPSA) is 87.1 Å². The van der Waals surface area contributed by atoms with Gasteiger partial charge in [0, 0.05) is 12.5 Å². The lowest BCUT2D eigenvalue weighted by Crippen LogP contribution is -2.31. The zero-order valence-electron chi connectivity index (χ0n) is 11.2. The van der Waals surface area contributed by atoms with Crippen LogP contribution in [0.1, 0.15) is 12.8 Å². The van der Waals surface area contributed by atoms with E-state index in [-0.39, 0.29) is 37.6 Å². The maximum absolute atomic E-state index is 13.1. The molecule has 6 nitrogen and oxygen atoms in total. The van der Waals surface area contributed by atoms with Crippen molar-refractivity contribution in [3.63, 3.8) is 0 Å². The fourth-order valence-electron chi connectivity index (χ4n) is 2.16. The number of halogens is 1. The first-order valence-corrected chi connectivity index (χ1v) is 6.55. The fourth-order valence-corrected chi connectivity index (χ4v) is 2.16. The second kappa shape index (κ2) is 6.53. The molecule has 0 spiro atoms. The lowest BCUT2D eigenvalue weighted by Gasteiger charge is -2.17. The predicted molar refractivity (Wildman–Crippen MR) is 70.3 cm³/mol. The number of carbonyl (C=O) groups excluding carboxylic acids is 1. The molecule has 1 heterocycles. The molecule has 0 radical (unpaired) electrons. The molecule has 1 saturated heterocycles. The van der Waals surface area contributed by atoms with Crippen molar-refractivity contribution in [2.75, 3.05) is 13.1 Å². The second-order valence-electron chi connectivity index (χ2n) is 4.87. The van der Waals surface area contributed by atoms with Crippen LogP contribution in [0, 0.1) is 5.82 Å². The number of hydrogen-bond donors (Lipinski definition) is 2. The smallest absolute Gasteiger partial charge is 0.303 e. The van der Waals surface area contributed by atoms with Crippen LogP contribution in [0.2, 0.25) is 0 Å². The number of aliphatic hydroxyl groups is 1. The van der Waals surface area contributed by atoms with E-state index in [2.05, 4.69) is 0 Å². The molecular weight excluding hydrogens is 281 g/mol. The zero-order valence-corrected chi connectivity index (χ0v) is 11.2. The Bertz CT molecular complexity index is 536. The number of carboxylic acids is 1. The van der Waals surface area contributed by atoms with E-state index in [4.69, 9.17) is 9.84 Å². The maximum atomic E-state index is 13.1. The molecule has 0 saturated carbocycles. The van der Waals surface area contributed by atoms with Crippen LogP contribution in [0.3, 0.4) is 0 Å². The van der Waals surface area contributed by atoms with E-state index in [0.29, 0.717) is 0 Å². The fraction of sp³-hybridized carbons (Fsp3) is 0.429. The highest BCUT2D eigenvalue weighted by Crippen LogP contribution is 2.20. The Morgan fingerprint density at radius 1 is 1.33 bits per heavy atom. The molecule has 0 bridgehead atoms. The number of amides is 1. The third-order valence-corrected chi connectivity index (χ3v) is 3.23. The van der Waals surface area contributed by atoms with Crippen molar-refractivity contribution in [2.45, 2.75) is 25.0 Å². The highest BCUT2D eigenvalue weighted by Gasteiger charge is 2.35. The van der Waals surface area contributed by atoms with Gasteiger partial charge in [0.2, 0.25) is 5.91 Å². The summed E-state index contributed by atoms with van der Waals surface area (Å²) in [5, 5.41) is 18.4. The molecule has 1 aromatic rings. The van der Waals surface area contributed by atoms with Crippen molar-refractivity contribution in [3.8, 4) is 5.75 Å². The minimum atomic E-state index is -1.05. The summed E-state index contributed by atoms with van der Waals surface area (Å²) in [6.45, 7) is 0.231. The monoisotopic (exact) mass is 297 g/mol. The molecular formula is C14H16FNO5. The second-order valence-corrected chi connectivity index (χ2v) is 4.87. The average Bonchev–Trinajstić information content (AvgIpc) is 2.77. The molecule has 21 heavy (non-hydrogen) atoms. The Morgan fingerprint density at radius 3 is 2.76 bits per heavy atom. The van der Waals surface area contributed by atoms with Gasteiger partial charge in [0.15, 0.2) is 0 Å². The van der Waals surface area contributed by atoms with Gasteiger partial charge in [0.05, 0.1) is 19.5 Å². The zero-order chi connectivity index (χ0) is 15.4. The van der Waals surface area contributed by atoms with Gasteiger partial charge >= 0.3 is 5.97 Å². The van der Waals surface area contributed by atoms with E-state index >= 15 is 0 Å². The molecule has 2 rings (SSSR count). The molecule has 0 aliphatic carbocycles. The number of rotatable bonds is 5. The first-order chi connectivity index (χ1) is 9.95. The van der Waals surface area contributed by atoms with Crippen LogP contribution in [0.4, 0.5) is 4.39 Å². The number of ether oxygens (including phenoxy) is 1. The van der Waals surface area contributed by atoms with E-state index in [1.807, 2.05) is 0 Å². The maximum Gasteiger partial charge on any atom is 0.303 e. The van der Waals surface area contributed by atoms with Gasteiger partial charge in [0.1, 0.15) is 23.8 Å². The summed E-state index contributed by atoms with van der Waals surface area (Å²) in [6, 6.07) is 5.52. The van der Waals surface area contributed by atoms with Crippen LogP contribution in [0.5, 0.6) is 5.75 Å². The average molecular weight is 297 g/mol. The number of carboxylic acid groups (broad SMARTS) is 1. The number of nitrogens with zero attached hydrogens (tertiary/aromatic N) is 1. The van der Waals surface area contributed by atoms with Gasteiger partial charge in [-0.25, -0.2) is 4.39 Å². The van der Waals surface area contributed by atoms with E-state index in [1.54, 1.807) is 6.07 Å². The number of β-amino-alcohol motifs (C(OH)–C–C–N with tert-alkyl or cyclic N) is 1. The molecule has 1 fully saturated rings. The number of benzene rings is 1. The van der Waals surface area contributed by atoms with Gasteiger partial charge in [-0.05, 0) is 12.1 Å². The van der Waals surface area contributed by atoms with Crippen molar-refractivity contribution < 1.29 is 28.9 Å². The molecule has 1 aliphatic rings. The summed E-state index contributed by atoms with van der Waals surface area (Å²) in [5.74, 6) is -1.56. The summed E-state index contributed by atoms with van der Waals surface area (Å²) < 4.78 is 18.5. The molecule has 2 N–H and O–H groups in total. The Hall–Kier alpha value is -2.15. The third kappa shape index (κ3) is 4.16. The summed E-state index contributed by atoms with van der Waals surface area (Å²) in [4.78, 5) is 23.6. The van der Waals surface area contributed by atoms with Gasteiger partial charge in [-0.15, -0.1) is 0 Å². The predicted octanol–water partition coefficient (Wildman–Crippen LogP) is 0.641. The Labute approximate surface area is 120 Å². The van der Waals surface area contributed by atoms with Crippen molar-refractivity contribution in [1.82, 2.24) is 4.90 Å². The van der Waals surface area contributed by atoms with Crippen LogP contribution >= 0.6 is 0 Å². The van der Waals surface area contributed by atoms with Crippen molar-refractivity contribution in [2.24, 2.45) is 0 Å². The summed E-state index contributed by atoms with van der Waals surface area (Å²) in [5.41, 5.74) is 0. The van der Waals surface area contributed by atoms with Crippen LogP contribution in [-0.4, -0.2) is 52.3 Å². The summed E-state index contributed by atoms with van der Waals surface area (Å²) in [6.07, 6.45) is -1.90. The quantitative estimate of drug-likeness (QED) is 0.833. The van der Waals surface area contributed by atoms with Crippen LogP contribution in [0.15, 0.2) is 24.3 Å². The lowest BCUT2D eigenvalue weighted by molar-refractivity contribution is -0.140. The first-order valence-electron chi connectivity index (χ1n) is 6.55. The molecule has 1 aromatic carbocycles.